The summed E-state index contributed by atoms with van der Waals surface area (Å²) in [5.41, 5.74) is 0.706. The van der Waals surface area contributed by atoms with E-state index in [1.54, 1.807) is 12.1 Å². The molecular weight excluding hydrogens is 775 g/mol. The molecule has 0 spiro atoms. The highest BCUT2D eigenvalue weighted by molar-refractivity contribution is 7.89. The van der Waals surface area contributed by atoms with Crippen LogP contribution in [0.1, 0.15) is 28.8 Å². The van der Waals surface area contributed by atoms with Crippen molar-refractivity contribution in [2.45, 2.75) is 35.5 Å². The molecule has 7 N–H and O–H groups in total. The summed E-state index contributed by atoms with van der Waals surface area (Å²) in [6.45, 7) is -2.20. The lowest BCUT2D eigenvalue weighted by atomic mass is 10.1. The molecule has 17 nitrogen and oxygen atoms in total. The van der Waals surface area contributed by atoms with Gasteiger partial charge >= 0.3 is 30.0 Å². The van der Waals surface area contributed by atoms with Gasteiger partial charge in [0.25, 0.3) is 5.91 Å². The Morgan fingerprint density at radius 1 is 0.891 bits per heavy atom. The number of methoxy groups -OCH3 is 1. The van der Waals surface area contributed by atoms with Crippen molar-refractivity contribution in [2.75, 3.05) is 36.2 Å². The number of esters is 1. The van der Waals surface area contributed by atoms with Crippen molar-refractivity contribution in [3.63, 3.8) is 0 Å². The maximum atomic E-state index is 13.0. The van der Waals surface area contributed by atoms with Gasteiger partial charge in [0.2, 0.25) is 21.9 Å². The fraction of sp³-hybridized carbons (Fsp3) is 0.242. The van der Waals surface area contributed by atoms with Crippen molar-refractivity contribution in [2.24, 2.45) is 5.14 Å². The molecule has 0 aliphatic heterocycles. The molecule has 0 saturated heterocycles. The number of aromatic nitrogens is 3. The predicted octanol–water partition coefficient (Wildman–Crippen LogP) is 2.98. The first kappa shape index (κ1) is 40.1. The van der Waals surface area contributed by atoms with Crippen LogP contribution in [-0.4, -0.2) is 79.5 Å². The highest BCUT2D eigenvalue weighted by Gasteiger charge is 2.45. The van der Waals surface area contributed by atoms with Crippen molar-refractivity contribution < 1.29 is 50.2 Å². The maximum Gasteiger partial charge on any atom is 0.422 e. The van der Waals surface area contributed by atoms with Crippen LogP contribution in [-0.2, 0) is 34.7 Å². The first-order valence-corrected chi connectivity index (χ1v) is 17.8. The summed E-state index contributed by atoms with van der Waals surface area (Å²) >= 11 is 6.01. The zero-order valence-electron chi connectivity index (χ0n) is 28.4. The molecule has 1 atom stereocenters. The van der Waals surface area contributed by atoms with Crippen molar-refractivity contribution in [3.8, 4) is 6.01 Å². The monoisotopic (exact) mass is 805 g/mol. The van der Waals surface area contributed by atoms with Crippen molar-refractivity contribution in [1.29, 1.82) is 0 Å². The molecule has 0 bridgehead atoms. The van der Waals surface area contributed by atoms with E-state index in [1.165, 1.54) is 36.4 Å². The van der Waals surface area contributed by atoms with Gasteiger partial charge < -0.3 is 36.1 Å². The molecule has 3 aromatic carbocycles. The molecule has 0 radical (unpaired) electrons. The number of hydrogen-bond acceptors (Lipinski definition) is 13. The molecule has 1 aliphatic carbocycles. The predicted molar refractivity (Wildman–Crippen MR) is 190 cm³/mol. The van der Waals surface area contributed by atoms with Crippen molar-refractivity contribution in [1.82, 2.24) is 25.6 Å². The zero-order valence-corrected chi connectivity index (χ0v) is 30.0. The number of ether oxygens (including phenoxy) is 2. The lowest BCUT2D eigenvalue weighted by molar-refractivity contribution is -0.154. The number of nitrogens with two attached hydrogens (primary N) is 1. The standard InChI is InChI=1S/C33H31ClF3N9O8S/c1-53-28(50)24(16-39-26(48)27(49)40-21-10-12-23(13-11-21)55(38,51)52)42-25(47)18-2-8-22(9-3-18)41-29-43-30(45-31(44-29)54-17-33(35,36)37)46-32(14-15-32)19-4-6-20(34)7-5-19/h2-13,24H,14-17H2,1H3,(H,39,48)(H,40,49)(H,42,47)(H2,38,51,52)(H2,41,43,44,45,46)/t24-/m0/s1. The summed E-state index contributed by atoms with van der Waals surface area (Å²) in [5.74, 6) is -4.30. The number of halogens is 4. The van der Waals surface area contributed by atoms with Gasteiger partial charge in [-0.2, -0.15) is 28.1 Å². The first-order valence-electron chi connectivity index (χ1n) is 15.9. The average molecular weight is 806 g/mol. The van der Waals surface area contributed by atoms with E-state index in [1.807, 2.05) is 12.1 Å². The number of sulfonamides is 1. The molecule has 1 saturated carbocycles. The topological polar surface area (TPSA) is 246 Å². The number of carbonyl (C=O) groups is 4. The Morgan fingerprint density at radius 3 is 2.09 bits per heavy atom. The minimum Gasteiger partial charge on any atom is -0.467 e. The van der Waals surface area contributed by atoms with Gasteiger partial charge in [-0.15, -0.1) is 0 Å². The Hall–Kier alpha value is -6.06. The van der Waals surface area contributed by atoms with Crippen LogP contribution < -0.4 is 36.5 Å². The molecule has 4 aromatic rings. The molecule has 0 unspecified atom stereocenters. The zero-order chi connectivity index (χ0) is 40.0. The van der Waals surface area contributed by atoms with E-state index < -0.39 is 70.6 Å². The number of alkyl halides is 3. The Labute approximate surface area is 315 Å². The van der Waals surface area contributed by atoms with Gasteiger partial charge in [0.1, 0.15) is 6.04 Å². The van der Waals surface area contributed by atoms with Crippen molar-refractivity contribution in [3.05, 3.63) is 88.9 Å². The van der Waals surface area contributed by atoms with Gasteiger partial charge in [0, 0.05) is 28.5 Å². The van der Waals surface area contributed by atoms with Crippen LogP contribution in [0.5, 0.6) is 6.01 Å². The molecule has 22 heteroatoms. The molecule has 3 amide bonds. The highest BCUT2D eigenvalue weighted by Crippen LogP contribution is 2.48. The number of benzene rings is 3. The third kappa shape index (κ3) is 11.2. The first-order chi connectivity index (χ1) is 25.9. The van der Waals surface area contributed by atoms with E-state index in [9.17, 15) is 40.8 Å². The van der Waals surface area contributed by atoms with E-state index >= 15 is 0 Å². The molecule has 290 valence electrons. The molecule has 55 heavy (non-hydrogen) atoms. The number of nitrogens with zero attached hydrogens (tertiary/aromatic N) is 3. The van der Waals surface area contributed by atoms with Crippen LogP contribution >= 0.6 is 11.6 Å². The minimum absolute atomic E-state index is 0.0392. The van der Waals surface area contributed by atoms with Crippen molar-refractivity contribution >= 4 is 68.6 Å². The van der Waals surface area contributed by atoms with E-state index in [4.69, 9.17) is 26.2 Å². The average Bonchev–Trinajstić information content (AvgIpc) is 3.92. The van der Waals surface area contributed by atoms with Crippen LogP contribution in [0, 0.1) is 0 Å². The Kier molecular flexibility index (Phi) is 12.1. The normalized spacial score (nSPS) is 13.8. The summed E-state index contributed by atoms with van der Waals surface area (Å²) in [7, 11) is -2.93. The number of anilines is 4. The van der Waals surface area contributed by atoms with Crippen LogP contribution in [0.4, 0.5) is 36.4 Å². The van der Waals surface area contributed by atoms with E-state index in [0.29, 0.717) is 23.6 Å². The van der Waals surface area contributed by atoms with Gasteiger partial charge in [-0.1, -0.05) is 23.7 Å². The number of carbonyl (C=O) groups excluding carboxylic acids is 4. The third-order valence-electron chi connectivity index (χ3n) is 7.79. The second-order valence-electron chi connectivity index (χ2n) is 11.9. The highest BCUT2D eigenvalue weighted by atomic mass is 35.5. The van der Waals surface area contributed by atoms with Crippen LogP contribution in [0.3, 0.4) is 0 Å². The molecule has 1 fully saturated rings. The van der Waals surface area contributed by atoms with Gasteiger partial charge in [-0.25, -0.2) is 18.4 Å². The lowest BCUT2D eigenvalue weighted by Gasteiger charge is -2.19. The van der Waals surface area contributed by atoms with E-state index in [2.05, 4.69) is 41.5 Å². The summed E-state index contributed by atoms with van der Waals surface area (Å²) in [4.78, 5) is 62.2. The number of nitrogens with one attached hydrogen (secondary N) is 5. The largest absolute Gasteiger partial charge is 0.467 e. The van der Waals surface area contributed by atoms with Gasteiger partial charge in [0.05, 0.1) is 17.5 Å². The number of rotatable bonds is 14. The number of hydrogen-bond donors (Lipinski definition) is 6. The fourth-order valence-electron chi connectivity index (χ4n) is 4.88. The fourth-order valence-corrected chi connectivity index (χ4v) is 5.52. The Balaban J connectivity index is 1.22. The summed E-state index contributed by atoms with van der Waals surface area (Å²) in [6.07, 6.45) is -3.29. The Bertz CT molecular complexity index is 2170. The van der Waals surface area contributed by atoms with Crippen LogP contribution in [0.2, 0.25) is 5.02 Å². The van der Waals surface area contributed by atoms with Crippen LogP contribution in [0.15, 0.2) is 77.7 Å². The van der Waals surface area contributed by atoms with E-state index in [-0.39, 0.29) is 28.0 Å². The summed E-state index contributed by atoms with van der Waals surface area (Å²) < 4.78 is 71.2. The molecule has 1 aromatic heterocycles. The molecule has 1 heterocycles. The number of amides is 3. The Morgan fingerprint density at radius 2 is 1.51 bits per heavy atom. The summed E-state index contributed by atoms with van der Waals surface area (Å²) in [5, 5.41) is 18.4. The molecular formula is C33H31ClF3N9O8S. The second kappa shape index (κ2) is 16.5. The number of primary sulfonamides is 1. The smallest absolute Gasteiger partial charge is 0.422 e. The minimum atomic E-state index is -4.66. The molecule has 1 aliphatic rings. The summed E-state index contributed by atoms with van der Waals surface area (Å²) in [6, 6.07) is 15.2. The SMILES string of the molecule is COC(=O)[C@H](CNC(=O)C(=O)Nc1ccc(S(N)(=O)=O)cc1)NC(=O)c1ccc(Nc2nc(NC3(c4ccc(Cl)cc4)CC3)nc(OCC(F)(F)F)n2)cc1. The second-order valence-corrected chi connectivity index (χ2v) is 13.9. The van der Waals surface area contributed by atoms with Gasteiger partial charge in [-0.05, 0) is 79.1 Å². The van der Waals surface area contributed by atoms with Gasteiger partial charge in [0.15, 0.2) is 6.61 Å². The lowest BCUT2D eigenvalue weighted by Crippen LogP contribution is -2.50. The quantitative estimate of drug-likeness (QED) is 0.0794. The maximum absolute atomic E-state index is 13.0. The molecule has 5 rings (SSSR count). The van der Waals surface area contributed by atoms with Gasteiger partial charge in [-0.3, -0.25) is 14.4 Å². The third-order valence-corrected chi connectivity index (χ3v) is 8.97. The van der Waals surface area contributed by atoms with Crippen LogP contribution in [0.25, 0.3) is 0 Å². The van der Waals surface area contributed by atoms with E-state index in [0.717, 1.165) is 24.8 Å².